The molecule has 0 atom stereocenters. The summed E-state index contributed by atoms with van der Waals surface area (Å²) < 4.78 is 5.51. The summed E-state index contributed by atoms with van der Waals surface area (Å²) in [6.07, 6.45) is 1.84. The molecule has 2 rings (SSSR count). The minimum Gasteiger partial charge on any atom is -0.461 e. The molecule has 1 heterocycles. The zero-order valence-corrected chi connectivity index (χ0v) is 11.6. The van der Waals surface area contributed by atoms with Gasteiger partial charge in [-0.3, -0.25) is 0 Å². The lowest BCUT2D eigenvalue weighted by Crippen LogP contribution is -2.27. The summed E-state index contributed by atoms with van der Waals surface area (Å²) in [5.74, 6) is 0.914. The smallest absolute Gasteiger partial charge is 0.323 e. The van der Waals surface area contributed by atoms with Crippen LogP contribution in [0.4, 0.5) is 11.9 Å². The van der Waals surface area contributed by atoms with Gasteiger partial charge in [-0.05, 0) is 33.6 Å². The third-order valence-electron chi connectivity index (χ3n) is 2.82. The quantitative estimate of drug-likeness (QED) is 0.679. The predicted octanol–water partition coefficient (Wildman–Crippen LogP) is 1.03. The molecule has 1 fully saturated rings. The number of aliphatic hydroxyl groups is 1. The van der Waals surface area contributed by atoms with Crippen LogP contribution in [0.25, 0.3) is 0 Å². The highest BCUT2D eigenvalue weighted by Gasteiger charge is 2.42. The molecule has 0 bridgehead atoms. The van der Waals surface area contributed by atoms with E-state index in [2.05, 4.69) is 25.6 Å². The Morgan fingerprint density at radius 1 is 1.26 bits per heavy atom. The monoisotopic (exact) mass is 267 g/mol. The average molecular weight is 267 g/mol. The van der Waals surface area contributed by atoms with Gasteiger partial charge in [0.1, 0.15) is 0 Å². The van der Waals surface area contributed by atoms with Gasteiger partial charge in [-0.2, -0.15) is 15.0 Å². The molecule has 1 aromatic rings. The summed E-state index contributed by atoms with van der Waals surface area (Å²) in [4.78, 5) is 12.7. The van der Waals surface area contributed by atoms with Crippen molar-refractivity contribution in [1.29, 1.82) is 0 Å². The molecule has 1 aliphatic carbocycles. The van der Waals surface area contributed by atoms with Crippen molar-refractivity contribution in [2.24, 2.45) is 0 Å². The number of aliphatic hydroxyl groups excluding tert-OH is 1. The van der Waals surface area contributed by atoms with Crippen LogP contribution in [0.1, 0.15) is 33.6 Å². The van der Waals surface area contributed by atoms with Crippen molar-refractivity contribution in [2.45, 2.75) is 45.3 Å². The molecule has 0 unspecified atom stereocenters. The standard InChI is InChI=1S/C12H21N5O2/c1-4-13-9-14-10(17-12(7-18)5-6-12)16-11(15-9)19-8(2)3/h8,18H,4-7H2,1-3H3,(H2,13,14,15,16,17). The topological polar surface area (TPSA) is 92.2 Å². The maximum absolute atomic E-state index is 9.32. The fourth-order valence-electron chi connectivity index (χ4n) is 1.62. The first-order chi connectivity index (χ1) is 9.07. The van der Waals surface area contributed by atoms with Crippen LogP contribution < -0.4 is 15.4 Å². The largest absolute Gasteiger partial charge is 0.461 e. The molecule has 0 amide bonds. The molecule has 0 radical (unpaired) electrons. The van der Waals surface area contributed by atoms with Gasteiger partial charge in [-0.15, -0.1) is 0 Å². The van der Waals surface area contributed by atoms with E-state index in [1.54, 1.807) is 0 Å². The molecule has 3 N–H and O–H groups in total. The zero-order valence-electron chi connectivity index (χ0n) is 11.6. The fraction of sp³-hybridized carbons (Fsp3) is 0.750. The normalized spacial score (nSPS) is 16.3. The van der Waals surface area contributed by atoms with Gasteiger partial charge in [0.25, 0.3) is 0 Å². The van der Waals surface area contributed by atoms with E-state index < -0.39 is 0 Å². The third kappa shape index (κ3) is 3.66. The molecule has 0 spiro atoms. The van der Waals surface area contributed by atoms with E-state index in [0.717, 1.165) is 19.4 Å². The first kappa shape index (κ1) is 13.8. The van der Waals surface area contributed by atoms with Crippen LogP contribution in [-0.2, 0) is 0 Å². The predicted molar refractivity (Wildman–Crippen MR) is 72.4 cm³/mol. The molecule has 106 valence electrons. The van der Waals surface area contributed by atoms with Gasteiger partial charge in [0.2, 0.25) is 11.9 Å². The number of anilines is 2. The first-order valence-electron chi connectivity index (χ1n) is 6.62. The van der Waals surface area contributed by atoms with E-state index >= 15 is 0 Å². The van der Waals surface area contributed by atoms with E-state index in [1.807, 2.05) is 20.8 Å². The summed E-state index contributed by atoms with van der Waals surface area (Å²) >= 11 is 0. The van der Waals surface area contributed by atoms with Crippen molar-refractivity contribution in [3.8, 4) is 6.01 Å². The molecule has 1 aliphatic rings. The van der Waals surface area contributed by atoms with Crippen LogP contribution in [0.5, 0.6) is 6.01 Å². The number of nitrogens with one attached hydrogen (secondary N) is 2. The summed E-state index contributed by atoms with van der Waals surface area (Å²) in [5.41, 5.74) is -0.264. The van der Waals surface area contributed by atoms with Gasteiger partial charge in [0, 0.05) is 6.54 Å². The van der Waals surface area contributed by atoms with Crippen LogP contribution in [-0.4, -0.2) is 44.9 Å². The van der Waals surface area contributed by atoms with Crippen LogP contribution in [0.2, 0.25) is 0 Å². The number of hydrogen-bond acceptors (Lipinski definition) is 7. The minimum absolute atomic E-state index is 0.00236. The number of ether oxygens (including phenoxy) is 1. The highest BCUT2D eigenvalue weighted by molar-refractivity contribution is 5.40. The van der Waals surface area contributed by atoms with Crippen molar-refractivity contribution in [2.75, 3.05) is 23.8 Å². The molecule has 0 aliphatic heterocycles. The lowest BCUT2D eigenvalue weighted by atomic mass is 10.3. The van der Waals surface area contributed by atoms with Crippen LogP contribution in [0, 0.1) is 0 Å². The van der Waals surface area contributed by atoms with Crippen LogP contribution in [0.15, 0.2) is 0 Å². The molecular formula is C12H21N5O2. The van der Waals surface area contributed by atoms with Gasteiger partial charge in [0.15, 0.2) is 0 Å². The van der Waals surface area contributed by atoms with Crippen molar-refractivity contribution < 1.29 is 9.84 Å². The van der Waals surface area contributed by atoms with Crippen molar-refractivity contribution >= 4 is 11.9 Å². The molecule has 0 saturated heterocycles. The third-order valence-corrected chi connectivity index (χ3v) is 2.82. The Morgan fingerprint density at radius 3 is 2.47 bits per heavy atom. The Balaban J connectivity index is 2.18. The number of nitrogens with zero attached hydrogens (tertiary/aromatic N) is 3. The molecule has 1 saturated carbocycles. The SMILES string of the molecule is CCNc1nc(NC2(CO)CC2)nc(OC(C)C)n1. The summed E-state index contributed by atoms with van der Waals surface area (Å²) in [6, 6.07) is 0.289. The van der Waals surface area contributed by atoms with Gasteiger partial charge in [-0.25, -0.2) is 0 Å². The van der Waals surface area contributed by atoms with Crippen LogP contribution >= 0.6 is 0 Å². The minimum atomic E-state index is -0.264. The molecule has 7 heteroatoms. The molecule has 19 heavy (non-hydrogen) atoms. The summed E-state index contributed by atoms with van der Waals surface area (Å²) in [7, 11) is 0. The van der Waals surface area contributed by atoms with Gasteiger partial charge in [-0.1, -0.05) is 0 Å². The second-order valence-corrected chi connectivity index (χ2v) is 5.03. The van der Waals surface area contributed by atoms with Gasteiger partial charge < -0.3 is 20.5 Å². The Morgan fingerprint density at radius 2 is 1.95 bits per heavy atom. The van der Waals surface area contributed by atoms with E-state index in [9.17, 15) is 5.11 Å². The lowest BCUT2D eigenvalue weighted by molar-refractivity contribution is 0.222. The lowest BCUT2D eigenvalue weighted by Gasteiger charge is -2.16. The highest BCUT2D eigenvalue weighted by Crippen LogP contribution is 2.37. The van der Waals surface area contributed by atoms with E-state index in [1.165, 1.54) is 0 Å². The maximum Gasteiger partial charge on any atom is 0.323 e. The number of aromatic nitrogens is 3. The fourth-order valence-corrected chi connectivity index (χ4v) is 1.62. The average Bonchev–Trinajstić information content (AvgIpc) is 3.08. The van der Waals surface area contributed by atoms with Crippen LogP contribution in [0.3, 0.4) is 0 Å². The summed E-state index contributed by atoms with van der Waals surface area (Å²) in [6.45, 7) is 6.60. The maximum atomic E-state index is 9.32. The number of hydrogen-bond donors (Lipinski definition) is 3. The molecule has 7 nitrogen and oxygen atoms in total. The Kier molecular flexibility index (Phi) is 4.04. The van der Waals surface area contributed by atoms with Crippen molar-refractivity contribution in [1.82, 2.24) is 15.0 Å². The molecular weight excluding hydrogens is 246 g/mol. The van der Waals surface area contributed by atoms with E-state index in [4.69, 9.17) is 4.74 Å². The van der Waals surface area contributed by atoms with Gasteiger partial charge in [0.05, 0.1) is 18.2 Å². The first-order valence-corrected chi connectivity index (χ1v) is 6.62. The Hall–Kier alpha value is -1.63. The van der Waals surface area contributed by atoms with Crippen molar-refractivity contribution in [3.63, 3.8) is 0 Å². The Labute approximate surface area is 112 Å². The second kappa shape index (κ2) is 5.56. The highest BCUT2D eigenvalue weighted by atomic mass is 16.5. The zero-order chi connectivity index (χ0) is 13.9. The molecule has 1 aromatic heterocycles. The van der Waals surface area contributed by atoms with Gasteiger partial charge >= 0.3 is 6.01 Å². The molecule has 0 aromatic carbocycles. The second-order valence-electron chi connectivity index (χ2n) is 5.03. The van der Waals surface area contributed by atoms with E-state index in [-0.39, 0.29) is 24.3 Å². The Bertz CT molecular complexity index is 434. The summed E-state index contributed by atoms with van der Waals surface area (Å²) in [5, 5.41) is 15.5. The van der Waals surface area contributed by atoms with Crippen molar-refractivity contribution in [3.05, 3.63) is 0 Å². The number of rotatable bonds is 7. The van der Waals surface area contributed by atoms with E-state index in [0.29, 0.717) is 11.9 Å².